The van der Waals surface area contributed by atoms with Gasteiger partial charge in [-0.1, -0.05) is 11.8 Å². The largest absolute Gasteiger partial charge is 0.460 e. The number of nitrogens with zero attached hydrogens (tertiary/aromatic N) is 3. The molecule has 0 fully saturated rings. The Hall–Kier alpha value is -4.04. The number of carbonyl (C=O) groups is 2. The van der Waals surface area contributed by atoms with Crippen LogP contribution < -0.4 is 5.73 Å². The SMILES string of the molecule is CC(C)(C)OC(=O)CCC#Cc1cncc([N+](=O)[O-])c1.CC(C)(C)OC(=O)CCCCc1cncc(N)c1.CCO. The molecule has 41 heavy (non-hydrogen) atoms. The van der Waals surface area contributed by atoms with Crippen LogP contribution in [0.1, 0.15) is 91.7 Å². The van der Waals surface area contributed by atoms with E-state index in [1.807, 2.05) is 33.0 Å². The Kier molecular flexibility index (Phi) is 17.2. The molecule has 0 atom stereocenters. The van der Waals surface area contributed by atoms with Gasteiger partial charge in [-0.3, -0.25) is 29.7 Å². The number of aliphatic hydroxyl groups is 1. The molecule has 2 aromatic rings. The Labute approximate surface area is 243 Å². The summed E-state index contributed by atoms with van der Waals surface area (Å²) in [5.74, 6) is 5.06. The van der Waals surface area contributed by atoms with Crippen LogP contribution in [0, 0.1) is 22.0 Å². The van der Waals surface area contributed by atoms with Crippen LogP contribution in [0.4, 0.5) is 11.4 Å². The lowest BCUT2D eigenvalue weighted by Crippen LogP contribution is -2.23. The maximum atomic E-state index is 11.5. The summed E-state index contributed by atoms with van der Waals surface area (Å²) in [7, 11) is 0. The number of unbranched alkanes of at least 4 members (excludes halogenated alkanes) is 1. The number of nitrogens with two attached hydrogens (primary N) is 1. The second kappa shape index (κ2) is 19.1. The number of ether oxygens (including phenoxy) is 2. The molecule has 3 N–H and O–H groups in total. The molecular weight excluding hydrogens is 528 g/mol. The molecule has 0 aliphatic carbocycles. The van der Waals surface area contributed by atoms with Crippen LogP contribution in [0.15, 0.2) is 36.9 Å². The van der Waals surface area contributed by atoms with E-state index >= 15 is 0 Å². The molecule has 0 aromatic carbocycles. The number of aryl methyl sites for hydroxylation is 1. The minimum Gasteiger partial charge on any atom is -0.460 e. The van der Waals surface area contributed by atoms with Crippen LogP contribution in [-0.2, 0) is 25.5 Å². The van der Waals surface area contributed by atoms with Gasteiger partial charge in [0.05, 0.1) is 17.0 Å². The van der Waals surface area contributed by atoms with Gasteiger partial charge in [0.25, 0.3) is 5.69 Å². The van der Waals surface area contributed by atoms with Crippen molar-refractivity contribution in [3.63, 3.8) is 0 Å². The van der Waals surface area contributed by atoms with Gasteiger partial charge in [0.1, 0.15) is 17.4 Å². The number of aromatic nitrogens is 2. The highest BCUT2D eigenvalue weighted by molar-refractivity contribution is 5.70. The molecule has 0 amide bonds. The average molecular weight is 573 g/mol. The predicted molar refractivity (Wildman–Crippen MR) is 158 cm³/mol. The Morgan fingerprint density at radius 1 is 0.951 bits per heavy atom. The van der Waals surface area contributed by atoms with Crippen molar-refractivity contribution in [1.82, 2.24) is 9.97 Å². The zero-order chi connectivity index (χ0) is 31.5. The van der Waals surface area contributed by atoms with Gasteiger partial charge in [0.15, 0.2) is 0 Å². The van der Waals surface area contributed by atoms with Crippen LogP contribution in [0.5, 0.6) is 0 Å². The number of carbonyl (C=O) groups excluding carboxylic acids is 2. The number of hydrogen-bond donors (Lipinski definition) is 2. The van der Waals surface area contributed by atoms with Crippen LogP contribution in [-0.4, -0.2) is 49.7 Å². The summed E-state index contributed by atoms with van der Waals surface area (Å²) in [5, 5.41) is 18.1. The molecule has 11 nitrogen and oxygen atoms in total. The minimum atomic E-state index is -0.529. The standard InChI is InChI=1S/C14H16N2O4.C14H22N2O2.C2H6O/c1-14(2,3)20-13(17)7-5-4-6-11-8-12(16(18)19)10-15-9-11;1-14(2,3)18-13(17)7-5-4-6-11-8-12(15)10-16-9-11;1-2-3/h8-10H,5,7H2,1-3H3;8-10H,4-7,15H2,1-3H3;3H,2H2,1H3. The molecule has 0 bridgehead atoms. The van der Waals surface area contributed by atoms with Gasteiger partial charge in [0.2, 0.25) is 0 Å². The Morgan fingerprint density at radius 2 is 1.51 bits per heavy atom. The van der Waals surface area contributed by atoms with Crippen molar-refractivity contribution in [3.05, 3.63) is 58.2 Å². The third-order valence-electron chi connectivity index (χ3n) is 4.37. The molecule has 2 rings (SSSR count). The fraction of sp³-hybridized carbons (Fsp3) is 0.533. The summed E-state index contributed by atoms with van der Waals surface area (Å²) in [6.07, 6.45) is 9.67. The Morgan fingerprint density at radius 3 is 2.05 bits per heavy atom. The van der Waals surface area contributed by atoms with Crippen molar-refractivity contribution >= 4 is 23.3 Å². The molecule has 0 aliphatic rings. The highest BCUT2D eigenvalue weighted by Crippen LogP contribution is 2.13. The van der Waals surface area contributed by atoms with E-state index in [2.05, 4.69) is 21.8 Å². The first-order chi connectivity index (χ1) is 19.1. The molecule has 226 valence electrons. The molecule has 2 aromatic heterocycles. The molecule has 0 saturated carbocycles. The molecule has 0 aliphatic heterocycles. The number of rotatable bonds is 8. The summed E-state index contributed by atoms with van der Waals surface area (Å²) in [6, 6.07) is 3.26. The van der Waals surface area contributed by atoms with E-state index in [0.717, 1.165) is 31.0 Å². The number of esters is 2. The minimum absolute atomic E-state index is 0.107. The first-order valence-corrected chi connectivity index (χ1v) is 13.4. The monoisotopic (exact) mass is 572 g/mol. The number of pyridine rings is 2. The molecule has 2 heterocycles. The molecule has 0 radical (unpaired) electrons. The fourth-order valence-electron chi connectivity index (χ4n) is 2.95. The lowest BCUT2D eigenvalue weighted by Gasteiger charge is -2.19. The van der Waals surface area contributed by atoms with Crippen molar-refractivity contribution in [2.75, 3.05) is 12.3 Å². The predicted octanol–water partition coefficient (Wildman–Crippen LogP) is 5.18. The van der Waals surface area contributed by atoms with Crippen molar-refractivity contribution in [3.8, 4) is 11.8 Å². The first-order valence-electron chi connectivity index (χ1n) is 13.4. The van der Waals surface area contributed by atoms with E-state index in [4.69, 9.17) is 20.3 Å². The van der Waals surface area contributed by atoms with Crippen LogP contribution in [0.3, 0.4) is 0 Å². The number of nitro groups is 1. The third kappa shape index (κ3) is 21.5. The normalized spacial score (nSPS) is 10.4. The van der Waals surface area contributed by atoms with Gasteiger partial charge in [-0.05, 0) is 79.4 Å². The summed E-state index contributed by atoms with van der Waals surface area (Å²) in [4.78, 5) is 40.7. The summed E-state index contributed by atoms with van der Waals surface area (Å²) in [6.45, 7) is 13.0. The third-order valence-corrected chi connectivity index (χ3v) is 4.37. The quantitative estimate of drug-likeness (QED) is 0.141. The number of hydrogen-bond acceptors (Lipinski definition) is 10. The molecule has 11 heteroatoms. The van der Waals surface area contributed by atoms with Gasteiger partial charge in [-0.25, -0.2) is 0 Å². The van der Waals surface area contributed by atoms with E-state index in [1.54, 1.807) is 33.9 Å². The van der Waals surface area contributed by atoms with E-state index in [0.29, 0.717) is 24.1 Å². The van der Waals surface area contributed by atoms with Crippen molar-refractivity contribution in [2.24, 2.45) is 0 Å². The fourth-order valence-corrected chi connectivity index (χ4v) is 2.95. The zero-order valence-electron chi connectivity index (χ0n) is 25.2. The van der Waals surface area contributed by atoms with Gasteiger partial charge in [0, 0.05) is 49.7 Å². The van der Waals surface area contributed by atoms with Crippen LogP contribution >= 0.6 is 0 Å². The van der Waals surface area contributed by atoms with E-state index < -0.39 is 16.1 Å². The van der Waals surface area contributed by atoms with Crippen LogP contribution in [0.25, 0.3) is 0 Å². The maximum absolute atomic E-state index is 11.5. The Bertz CT molecular complexity index is 1160. The van der Waals surface area contributed by atoms with Crippen molar-refractivity contribution in [2.45, 2.75) is 98.2 Å². The van der Waals surface area contributed by atoms with Crippen molar-refractivity contribution in [1.29, 1.82) is 0 Å². The summed E-state index contributed by atoms with van der Waals surface area (Å²) >= 11 is 0. The lowest BCUT2D eigenvalue weighted by molar-refractivity contribution is -0.385. The number of aliphatic hydroxyl groups excluding tert-OH is 1. The molecular formula is C30H44N4O7. The summed E-state index contributed by atoms with van der Waals surface area (Å²) in [5.41, 5.74) is 6.88. The highest BCUT2D eigenvalue weighted by atomic mass is 16.6. The second-order valence-electron chi connectivity index (χ2n) is 10.8. The smallest absolute Gasteiger partial charge is 0.307 e. The van der Waals surface area contributed by atoms with Crippen molar-refractivity contribution < 1.29 is 29.1 Å². The second-order valence-corrected chi connectivity index (χ2v) is 10.8. The van der Waals surface area contributed by atoms with Gasteiger partial charge >= 0.3 is 11.9 Å². The topological polar surface area (TPSA) is 168 Å². The zero-order valence-corrected chi connectivity index (χ0v) is 25.2. The number of nitrogen functional groups attached to an aromatic ring is 1. The van der Waals surface area contributed by atoms with E-state index in [-0.39, 0.29) is 30.7 Å². The van der Waals surface area contributed by atoms with E-state index in [9.17, 15) is 19.7 Å². The first kappa shape index (κ1) is 37.0. The van der Waals surface area contributed by atoms with E-state index in [1.165, 1.54) is 12.3 Å². The maximum Gasteiger partial charge on any atom is 0.307 e. The molecule has 0 spiro atoms. The van der Waals surface area contributed by atoms with Gasteiger partial charge < -0.3 is 20.3 Å². The van der Waals surface area contributed by atoms with Crippen LogP contribution in [0.2, 0.25) is 0 Å². The molecule has 0 unspecified atom stereocenters. The average Bonchev–Trinajstić information content (AvgIpc) is 2.84. The lowest BCUT2D eigenvalue weighted by atomic mass is 10.1. The number of anilines is 1. The summed E-state index contributed by atoms with van der Waals surface area (Å²) < 4.78 is 10.4. The van der Waals surface area contributed by atoms with Gasteiger partial charge in [-0.2, -0.15) is 0 Å². The molecule has 0 saturated heterocycles. The Balaban J connectivity index is 0.000000715. The highest BCUT2D eigenvalue weighted by Gasteiger charge is 2.16. The van der Waals surface area contributed by atoms with Gasteiger partial charge in [-0.15, -0.1) is 0 Å².